The van der Waals surface area contributed by atoms with Crippen LogP contribution in [0.15, 0.2) is 23.9 Å². The van der Waals surface area contributed by atoms with Gasteiger partial charge < -0.3 is 14.8 Å². The molecule has 164 valence electrons. The van der Waals surface area contributed by atoms with Crippen molar-refractivity contribution in [2.24, 2.45) is 11.8 Å². The van der Waals surface area contributed by atoms with Gasteiger partial charge in [0.15, 0.2) is 0 Å². The lowest BCUT2D eigenvalue weighted by Crippen LogP contribution is -2.58. The molecule has 1 amide bonds. The quantitative estimate of drug-likeness (QED) is 0.147. The lowest BCUT2D eigenvalue weighted by molar-refractivity contribution is -0.115. The van der Waals surface area contributed by atoms with E-state index in [4.69, 9.17) is 14.9 Å². The zero-order valence-corrected chi connectivity index (χ0v) is 18.9. The van der Waals surface area contributed by atoms with Crippen molar-refractivity contribution in [3.05, 3.63) is 23.9 Å². The topological polar surface area (TPSA) is 86.7 Å². The number of allylic oxidation sites excluding steroid dienone is 1. The molecule has 29 heavy (non-hydrogen) atoms. The van der Waals surface area contributed by atoms with Crippen LogP contribution in [0.4, 0.5) is 0 Å². The third-order valence-electron chi connectivity index (χ3n) is 5.65. The first kappa shape index (κ1) is 23.8. The third kappa shape index (κ3) is 7.04. The Balaban J connectivity index is 1.72. The van der Waals surface area contributed by atoms with Crippen LogP contribution in [0.3, 0.4) is 0 Å². The first-order chi connectivity index (χ1) is 14.0. The van der Waals surface area contributed by atoms with E-state index in [2.05, 4.69) is 34.0 Å². The van der Waals surface area contributed by atoms with E-state index in [0.29, 0.717) is 18.1 Å². The molecule has 1 unspecified atom stereocenters. The first-order valence-corrected chi connectivity index (χ1v) is 11.3. The molecule has 1 aliphatic heterocycles. The molecule has 3 N–H and O–H groups in total. The smallest absolute Gasteiger partial charge is 0.268 e. The second-order valence-corrected chi connectivity index (χ2v) is 8.71. The van der Waals surface area contributed by atoms with Crippen LogP contribution in [0.2, 0.25) is 0 Å². The van der Waals surface area contributed by atoms with Crippen molar-refractivity contribution in [3.8, 4) is 0 Å². The van der Waals surface area contributed by atoms with Gasteiger partial charge in [-0.15, -0.1) is 0 Å². The summed E-state index contributed by atoms with van der Waals surface area (Å²) in [5.41, 5.74) is 0.183. The average Bonchev–Trinajstić information content (AvgIpc) is 2.62. The molecule has 0 radical (unpaired) electrons. The zero-order valence-electron chi connectivity index (χ0n) is 18.1. The highest BCUT2D eigenvalue weighted by atomic mass is 32.2. The van der Waals surface area contributed by atoms with E-state index in [9.17, 15) is 4.79 Å². The van der Waals surface area contributed by atoms with E-state index in [-0.39, 0.29) is 17.4 Å². The minimum atomic E-state index is -0.325. The van der Waals surface area contributed by atoms with Crippen molar-refractivity contribution in [2.75, 3.05) is 40.1 Å². The molecule has 2 fully saturated rings. The van der Waals surface area contributed by atoms with Crippen molar-refractivity contribution >= 4 is 23.8 Å². The van der Waals surface area contributed by atoms with Gasteiger partial charge >= 0.3 is 0 Å². The van der Waals surface area contributed by atoms with Gasteiger partial charge in [0.2, 0.25) is 5.90 Å². The van der Waals surface area contributed by atoms with Crippen LogP contribution in [-0.4, -0.2) is 69.0 Å². The number of nitrogens with one attached hydrogen (secondary N) is 3. The number of methoxy groups -OCH3 is 2. The Bertz CT molecular complexity index is 601. The minimum absolute atomic E-state index is 0.155. The Morgan fingerprint density at radius 3 is 2.62 bits per heavy atom. The molecule has 2 atom stereocenters. The summed E-state index contributed by atoms with van der Waals surface area (Å²) in [6, 6.07) is 0.545. The van der Waals surface area contributed by atoms with Gasteiger partial charge in [-0.05, 0) is 43.0 Å². The van der Waals surface area contributed by atoms with Gasteiger partial charge in [-0.1, -0.05) is 25.5 Å². The van der Waals surface area contributed by atoms with Crippen LogP contribution in [0.1, 0.15) is 32.6 Å². The Kier molecular flexibility index (Phi) is 10.0. The third-order valence-corrected chi connectivity index (χ3v) is 6.72. The molecule has 2 rings (SSSR count). The van der Waals surface area contributed by atoms with Crippen LogP contribution in [0.25, 0.3) is 0 Å². The number of ether oxygens (including phenoxy) is 2. The summed E-state index contributed by atoms with van der Waals surface area (Å²) in [6.45, 7) is 4.27. The second kappa shape index (κ2) is 12.2. The van der Waals surface area contributed by atoms with Crippen LogP contribution in [-0.2, 0) is 14.3 Å². The number of hydrogen-bond donors (Lipinski definition) is 3. The molecule has 0 aromatic carbocycles. The normalized spacial score (nSPS) is 20.6. The summed E-state index contributed by atoms with van der Waals surface area (Å²) in [5.74, 6) is 1.57. The lowest BCUT2D eigenvalue weighted by atomic mass is 9.78. The fourth-order valence-electron chi connectivity index (χ4n) is 3.53. The molecule has 0 spiro atoms. The summed E-state index contributed by atoms with van der Waals surface area (Å²) in [6.07, 6.45) is 11.6. The second-order valence-electron chi connectivity index (χ2n) is 7.88. The Morgan fingerprint density at radius 1 is 1.34 bits per heavy atom. The zero-order chi connectivity index (χ0) is 21.2. The van der Waals surface area contributed by atoms with Gasteiger partial charge in [-0.25, -0.2) is 0 Å². The van der Waals surface area contributed by atoms with Gasteiger partial charge in [0, 0.05) is 45.2 Å². The highest BCUT2D eigenvalue weighted by Gasteiger charge is 2.37. The van der Waals surface area contributed by atoms with E-state index in [0.717, 1.165) is 31.2 Å². The van der Waals surface area contributed by atoms with E-state index in [1.165, 1.54) is 44.5 Å². The van der Waals surface area contributed by atoms with Gasteiger partial charge in [-0.3, -0.25) is 19.8 Å². The van der Waals surface area contributed by atoms with Crippen molar-refractivity contribution in [1.29, 1.82) is 5.41 Å². The van der Waals surface area contributed by atoms with Gasteiger partial charge in [-0.2, -0.15) is 0 Å². The van der Waals surface area contributed by atoms with E-state index in [1.54, 1.807) is 14.2 Å². The fourth-order valence-corrected chi connectivity index (χ4v) is 4.28. The lowest BCUT2D eigenvalue weighted by Gasteiger charge is -2.47. The van der Waals surface area contributed by atoms with Crippen molar-refractivity contribution in [3.63, 3.8) is 0 Å². The monoisotopic (exact) mass is 424 g/mol. The van der Waals surface area contributed by atoms with E-state index < -0.39 is 0 Å². The Hall–Kier alpha value is -1.51. The molecular weight excluding hydrogens is 388 g/mol. The number of rotatable bonds is 12. The van der Waals surface area contributed by atoms with E-state index in [1.807, 2.05) is 0 Å². The van der Waals surface area contributed by atoms with Crippen molar-refractivity contribution in [2.45, 2.75) is 44.8 Å². The summed E-state index contributed by atoms with van der Waals surface area (Å²) in [4.78, 5) is 14.7. The SMILES string of the molecule is CN/C=C(\C(=N)OC)C(=O)NSC[C@@H](C)C/C=C/C(C1CCC1)N1CC(OC)C1. The van der Waals surface area contributed by atoms with Crippen LogP contribution in [0, 0.1) is 17.2 Å². The predicted octanol–water partition coefficient (Wildman–Crippen LogP) is 2.56. The molecule has 0 bridgehead atoms. The molecule has 1 aliphatic carbocycles. The summed E-state index contributed by atoms with van der Waals surface area (Å²) in [7, 11) is 4.86. The highest BCUT2D eigenvalue weighted by Crippen LogP contribution is 2.35. The molecule has 1 heterocycles. The van der Waals surface area contributed by atoms with Gasteiger partial charge in [0.1, 0.15) is 5.57 Å². The van der Waals surface area contributed by atoms with Crippen molar-refractivity contribution < 1.29 is 14.3 Å². The maximum atomic E-state index is 12.2. The van der Waals surface area contributed by atoms with Crippen molar-refractivity contribution in [1.82, 2.24) is 14.9 Å². The molecule has 0 aromatic heterocycles. The summed E-state index contributed by atoms with van der Waals surface area (Å²) >= 11 is 1.38. The molecule has 7 nitrogen and oxygen atoms in total. The van der Waals surface area contributed by atoms with Crippen LogP contribution < -0.4 is 10.0 Å². The van der Waals surface area contributed by atoms with Gasteiger partial charge in [0.25, 0.3) is 5.91 Å². The highest BCUT2D eigenvalue weighted by molar-refractivity contribution is 7.97. The molecule has 1 saturated heterocycles. The number of nitrogens with zero attached hydrogens (tertiary/aromatic N) is 1. The Labute approximate surface area is 179 Å². The molecule has 2 aliphatic rings. The van der Waals surface area contributed by atoms with Crippen LogP contribution in [0.5, 0.6) is 0 Å². The average molecular weight is 425 g/mol. The molecule has 0 aromatic rings. The molecular formula is C21H36N4O3S. The largest absolute Gasteiger partial charge is 0.481 e. The predicted molar refractivity (Wildman–Crippen MR) is 119 cm³/mol. The first-order valence-electron chi connectivity index (χ1n) is 10.4. The summed E-state index contributed by atoms with van der Waals surface area (Å²) < 4.78 is 13.1. The maximum Gasteiger partial charge on any atom is 0.268 e. The Morgan fingerprint density at radius 2 is 2.07 bits per heavy atom. The maximum absolute atomic E-state index is 12.2. The number of likely N-dealkylation sites (tertiary alicyclic amines) is 1. The van der Waals surface area contributed by atoms with Gasteiger partial charge in [0.05, 0.1) is 13.2 Å². The number of carbonyl (C=O) groups is 1. The van der Waals surface area contributed by atoms with E-state index >= 15 is 0 Å². The summed E-state index contributed by atoms with van der Waals surface area (Å²) in [5, 5.41) is 10.5. The number of hydrogen-bond acceptors (Lipinski definition) is 7. The number of carbonyl (C=O) groups excluding carboxylic acids is 1. The fraction of sp³-hybridized carbons (Fsp3) is 0.714. The minimum Gasteiger partial charge on any atom is -0.481 e. The standard InChI is InChI=1S/C21H36N4O3S/c1-15(14-29-24-21(26)18(11-23-2)20(22)28-4)7-5-10-19(16-8-6-9-16)25-12-17(13-25)27-3/h5,10-11,15-17,19,22-23H,6-9,12-14H2,1-4H3,(H,24,26)/b10-5+,18-11+,22-20?/t15-,19?/m0/s1. The molecule has 8 heteroatoms. The molecule has 1 saturated carbocycles. The van der Waals surface area contributed by atoms with Crippen LogP contribution >= 0.6 is 11.9 Å². The number of amides is 1.